The highest BCUT2D eigenvalue weighted by Gasteiger charge is 2.41. The number of nitrogens with zero attached hydrogens (tertiary/aromatic N) is 3. The first-order valence-corrected chi connectivity index (χ1v) is 8.78. The molecule has 0 unspecified atom stereocenters. The lowest BCUT2D eigenvalue weighted by Gasteiger charge is -2.36. The van der Waals surface area contributed by atoms with Gasteiger partial charge in [0, 0.05) is 16.8 Å². The van der Waals surface area contributed by atoms with Crippen molar-refractivity contribution in [3.8, 4) is 0 Å². The van der Waals surface area contributed by atoms with Gasteiger partial charge in [0.15, 0.2) is 0 Å². The number of rotatable bonds is 3. The minimum Gasteiger partial charge on any atom is -0.351 e. The van der Waals surface area contributed by atoms with Gasteiger partial charge in [-0.25, -0.2) is 4.68 Å². The van der Waals surface area contributed by atoms with Gasteiger partial charge >= 0.3 is 0 Å². The van der Waals surface area contributed by atoms with Crippen LogP contribution >= 0.6 is 11.6 Å². The zero-order chi connectivity index (χ0) is 18.1. The van der Waals surface area contributed by atoms with Crippen LogP contribution in [-0.2, 0) is 4.79 Å². The van der Waals surface area contributed by atoms with Gasteiger partial charge < -0.3 is 10.6 Å². The summed E-state index contributed by atoms with van der Waals surface area (Å²) in [5, 5.41) is 11.2. The summed E-state index contributed by atoms with van der Waals surface area (Å²) in [6.45, 7) is 1.98. The predicted molar refractivity (Wildman–Crippen MR) is 101 cm³/mol. The van der Waals surface area contributed by atoms with E-state index in [0.29, 0.717) is 11.0 Å². The first-order chi connectivity index (χ1) is 12.6. The normalized spacial score (nSPS) is 21.5. The highest BCUT2D eigenvalue weighted by atomic mass is 35.5. The number of benzene rings is 2. The maximum atomic E-state index is 13.1. The molecule has 0 radical (unpaired) electrons. The molecule has 6 nitrogen and oxygen atoms in total. The first kappa shape index (κ1) is 16.6. The van der Waals surface area contributed by atoms with Crippen molar-refractivity contribution in [1.82, 2.24) is 14.8 Å². The number of halogens is 1. The van der Waals surface area contributed by atoms with Crippen LogP contribution < -0.4 is 10.6 Å². The lowest BCUT2D eigenvalue weighted by Crippen LogP contribution is -2.46. The molecule has 4 rings (SSSR count). The number of aromatic nitrogens is 3. The van der Waals surface area contributed by atoms with Crippen molar-refractivity contribution in [3.05, 3.63) is 71.5 Å². The molecule has 1 aromatic heterocycles. The number of hydrogen-bond donors (Lipinski definition) is 2. The fraction of sp³-hybridized carbons (Fsp3) is 0.211. The van der Waals surface area contributed by atoms with Crippen LogP contribution in [0.1, 0.15) is 18.5 Å². The van der Waals surface area contributed by atoms with Gasteiger partial charge in [-0.3, -0.25) is 4.79 Å². The molecule has 1 amide bonds. The summed E-state index contributed by atoms with van der Waals surface area (Å²) in [5.74, 6) is 0.177. The Morgan fingerprint density at radius 1 is 1.19 bits per heavy atom. The lowest BCUT2D eigenvalue weighted by molar-refractivity contribution is -0.121. The molecule has 0 bridgehead atoms. The van der Waals surface area contributed by atoms with Crippen LogP contribution in [0.25, 0.3) is 0 Å². The van der Waals surface area contributed by atoms with E-state index >= 15 is 0 Å². The third-order valence-electron chi connectivity index (χ3n) is 4.61. The first-order valence-electron chi connectivity index (χ1n) is 8.41. The summed E-state index contributed by atoms with van der Waals surface area (Å²) in [6.07, 6.45) is 1.49. The van der Waals surface area contributed by atoms with Gasteiger partial charge in [0.2, 0.25) is 11.9 Å². The van der Waals surface area contributed by atoms with Gasteiger partial charge in [-0.05, 0) is 36.8 Å². The van der Waals surface area contributed by atoms with E-state index < -0.39 is 0 Å². The second kappa shape index (κ2) is 6.80. The number of para-hydroxylation sites is 1. The molecule has 7 heteroatoms. The summed E-state index contributed by atoms with van der Waals surface area (Å²) in [7, 11) is 0. The van der Waals surface area contributed by atoms with Crippen LogP contribution in [0.5, 0.6) is 0 Å². The number of amides is 1. The average Bonchev–Trinajstić information content (AvgIpc) is 3.09. The van der Waals surface area contributed by atoms with E-state index in [1.807, 2.05) is 61.5 Å². The molecule has 0 spiro atoms. The van der Waals surface area contributed by atoms with Crippen LogP contribution in [0.3, 0.4) is 0 Å². The smallest absolute Gasteiger partial charge is 0.232 e. The van der Waals surface area contributed by atoms with Gasteiger partial charge in [0.05, 0.1) is 12.0 Å². The Kier molecular flexibility index (Phi) is 4.34. The second-order valence-electron chi connectivity index (χ2n) is 6.34. The van der Waals surface area contributed by atoms with Crippen molar-refractivity contribution in [2.24, 2.45) is 5.92 Å². The minimum atomic E-state index is -0.386. The fourth-order valence-electron chi connectivity index (χ4n) is 3.43. The highest BCUT2D eigenvalue weighted by Crippen LogP contribution is 2.37. The number of fused-ring (bicyclic) bond motifs is 1. The molecular formula is C19H18ClN5O. The van der Waals surface area contributed by atoms with Crippen LogP contribution in [0.4, 0.5) is 11.6 Å². The third-order valence-corrected chi connectivity index (χ3v) is 4.84. The molecule has 26 heavy (non-hydrogen) atoms. The molecule has 0 saturated heterocycles. The Balaban J connectivity index is 1.74. The van der Waals surface area contributed by atoms with Gasteiger partial charge in [0.1, 0.15) is 6.33 Å². The Hall–Kier alpha value is -2.86. The number of carbonyl (C=O) groups is 1. The Morgan fingerprint density at radius 3 is 2.77 bits per heavy atom. The Morgan fingerprint density at radius 2 is 2.00 bits per heavy atom. The van der Waals surface area contributed by atoms with Crippen LogP contribution in [0.2, 0.25) is 5.02 Å². The van der Waals surface area contributed by atoms with Gasteiger partial charge in [-0.15, -0.1) is 0 Å². The van der Waals surface area contributed by atoms with E-state index in [1.165, 1.54) is 6.33 Å². The Labute approximate surface area is 156 Å². The van der Waals surface area contributed by atoms with Crippen molar-refractivity contribution in [2.75, 3.05) is 10.6 Å². The SMILES string of the molecule is C[C@@H]1Nc2ncnn2[C@@H](c2cccc(Cl)c2)[C@@H]1C(=O)Nc1ccccc1. The molecule has 0 fully saturated rings. The second-order valence-corrected chi connectivity index (χ2v) is 6.78. The predicted octanol–water partition coefficient (Wildman–Crippen LogP) is 3.59. The van der Waals surface area contributed by atoms with E-state index in [0.717, 1.165) is 11.3 Å². The molecule has 132 valence electrons. The molecule has 2 heterocycles. The van der Waals surface area contributed by atoms with E-state index in [1.54, 1.807) is 4.68 Å². The summed E-state index contributed by atoms with van der Waals surface area (Å²) in [4.78, 5) is 17.4. The van der Waals surface area contributed by atoms with Gasteiger partial charge in [-0.1, -0.05) is 41.9 Å². The van der Waals surface area contributed by atoms with Crippen molar-refractivity contribution >= 4 is 29.1 Å². The van der Waals surface area contributed by atoms with Crippen LogP contribution in [0, 0.1) is 5.92 Å². The van der Waals surface area contributed by atoms with Crippen molar-refractivity contribution in [1.29, 1.82) is 0 Å². The highest BCUT2D eigenvalue weighted by molar-refractivity contribution is 6.30. The molecule has 1 aliphatic heterocycles. The maximum Gasteiger partial charge on any atom is 0.232 e. The van der Waals surface area contributed by atoms with E-state index in [4.69, 9.17) is 11.6 Å². The molecule has 1 aliphatic rings. The van der Waals surface area contributed by atoms with Crippen molar-refractivity contribution < 1.29 is 4.79 Å². The third kappa shape index (κ3) is 3.04. The monoisotopic (exact) mass is 367 g/mol. The van der Waals surface area contributed by atoms with E-state index in [-0.39, 0.29) is 23.9 Å². The largest absolute Gasteiger partial charge is 0.351 e. The van der Waals surface area contributed by atoms with Crippen molar-refractivity contribution in [2.45, 2.75) is 19.0 Å². The number of nitrogens with one attached hydrogen (secondary N) is 2. The standard InChI is InChI=1S/C19H18ClN5O/c1-12-16(18(26)24-15-8-3-2-4-9-15)17(13-6-5-7-14(20)10-13)25-19(23-12)21-11-22-25/h2-12,16-17H,1H3,(H,24,26)(H,21,22,23)/t12-,16+,17-/m0/s1. The van der Waals surface area contributed by atoms with Gasteiger partial charge in [-0.2, -0.15) is 10.1 Å². The maximum absolute atomic E-state index is 13.1. The van der Waals surface area contributed by atoms with Crippen LogP contribution in [0.15, 0.2) is 60.9 Å². The molecule has 0 saturated carbocycles. The molecule has 2 aromatic carbocycles. The Bertz CT molecular complexity index is 926. The average molecular weight is 368 g/mol. The lowest BCUT2D eigenvalue weighted by atomic mass is 9.85. The molecule has 3 atom stereocenters. The summed E-state index contributed by atoms with van der Waals surface area (Å²) < 4.78 is 1.75. The number of anilines is 2. The van der Waals surface area contributed by atoms with E-state index in [9.17, 15) is 4.79 Å². The minimum absolute atomic E-state index is 0.0812. The van der Waals surface area contributed by atoms with Gasteiger partial charge in [0.25, 0.3) is 0 Å². The molecular weight excluding hydrogens is 350 g/mol. The molecule has 0 aliphatic carbocycles. The number of hydrogen-bond acceptors (Lipinski definition) is 4. The molecule has 3 aromatic rings. The number of carbonyl (C=O) groups excluding carboxylic acids is 1. The molecule has 2 N–H and O–H groups in total. The zero-order valence-electron chi connectivity index (χ0n) is 14.1. The summed E-state index contributed by atoms with van der Waals surface area (Å²) in [6, 6.07) is 16.5. The summed E-state index contributed by atoms with van der Waals surface area (Å²) in [5.41, 5.74) is 1.68. The summed E-state index contributed by atoms with van der Waals surface area (Å²) >= 11 is 6.20. The topological polar surface area (TPSA) is 71.8 Å². The van der Waals surface area contributed by atoms with Crippen LogP contribution in [-0.4, -0.2) is 26.7 Å². The van der Waals surface area contributed by atoms with E-state index in [2.05, 4.69) is 20.7 Å². The quantitative estimate of drug-likeness (QED) is 0.742. The fourth-order valence-corrected chi connectivity index (χ4v) is 3.63. The van der Waals surface area contributed by atoms with Crippen molar-refractivity contribution in [3.63, 3.8) is 0 Å². The zero-order valence-corrected chi connectivity index (χ0v) is 14.9.